The summed E-state index contributed by atoms with van der Waals surface area (Å²) in [6.45, 7) is 1.81. The lowest BCUT2D eigenvalue weighted by molar-refractivity contribution is -0.672. The maximum Gasteiger partial charge on any atom is 0.312 e. The Morgan fingerprint density at radius 1 is 1.15 bits per heavy atom. The van der Waals surface area contributed by atoms with Gasteiger partial charge < -0.3 is 21.1 Å². The molecule has 5 aromatic rings. The van der Waals surface area contributed by atoms with Gasteiger partial charge in [0.25, 0.3) is 5.78 Å². The lowest BCUT2D eigenvalue weighted by atomic mass is 10.0. The van der Waals surface area contributed by atoms with E-state index in [0.29, 0.717) is 27.2 Å². The van der Waals surface area contributed by atoms with E-state index in [2.05, 4.69) is 21.3 Å². The minimum atomic E-state index is -0.906. The summed E-state index contributed by atoms with van der Waals surface area (Å²) in [5.41, 5.74) is 14.4. The van der Waals surface area contributed by atoms with Gasteiger partial charge >= 0.3 is 5.69 Å². The van der Waals surface area contributed by atoms with Gasteiger partial charge in [-0.25, -0.2) is 4.98 Å². The zero-order valence-electron chi connectivity index (χ0n) is 17.6. The molecule has 166 valence electrons. The van der Waals surface area contributed by atoms with Crippen LogP contribution in [0.15, 0.2) is 53.1 Å². The summed E-state index contributed by atoms with van der Waals surface area (Å²) >= 11 is 0.965. The Kier molecular flexibility index (Phi) is 4.92. The Balaban J connectivity index is 1.77. The van der Waals surface area contributed by atoms with Gasteiger partial charge in [-0.2, -0.15) is 5.26 Å². The average Bonchev–Trinajstić information content (AvgIpc) is 3.38. The normalized spacial score (nSPS) is 10.9. The van der Waals surface area contributed by atoms with Crippen LogP contribution in [-0.2, 0) is 0 Å². The largest absolute Gasteiger partial charge is 0.539 e. The van der Waals surface area contributed by atoms with Crippen molar-refractivity contribution in [2.45, 2.75) is 6.92 Å². The van der Waals surface area contributed by atoms with Crippen LogP contribution in [0.2, 0.25) is 0 Å². The number of ketones is 1. The summed E-state index contributed by atoms with van der Waals surface area (Å²) in [6.07, 6.45) is 0. The predicted molar refractivity (Wildman–Crippen MR) is 122 cm³/mol. The molecular formula is C23H15N7O3S. The van der Waals surface area contributed by atoms with Crippen LogP contribution in [0, 0.1) is 18.3 Å². The summed E-state index contributed by atoms with van der Waals surface area (Å²) in [7, 11) is 0. The minimum Gasteiger partial charge on any atom is -0.539 e. The number of anilines is 2. The van der Waals surface area contributed by atoms with Crippen molar-refractivity contribution in [1.82, 2.24) is 15.2 Å². The monoisotopic (exact) mass is 469 g/mol. The number of thiophene rings is 1. The van der Waals surface area contributed by atoms with Gasteiger partial charge in [-0.3, -0.25) is 9.78 Å². The van der Waals surface area contributed by atoms with Crippen molar-refractivity contribution < 1.29 is 19.1 Å². The number of hydrogen-bond acceptors (Lipinski definition) is 10. The van der Waals surface area contributed by atoms with Crippen LogP contribution in [-0.4, -0.2) is 21.0 Å². The molecule has 10 nitrogen and oxygen atoms in total. The lowest BCUT2D eigenvalue weighted by Gasteiger charge is -2.09. The molecule has 0 spiro atoms. The van der Waals surface area contributed by atoms with E-state index in [9.17, 15) is 15.2 Å². The quantitative estimate of drug-likeness (QED) is 0.296. The highest BCUT2D eigenvalue weighted by Gasteiger charge is 2.33. The fourth-order valence-electron chi connectivity index (χ4n) is 3.68. The molecule has 0 aliphatic heterocycles. The number of para-hydroxylation sites is 1. The molecule has 34 heavy (non-hydrogen) atoms. The lowest BCUT2D eigenvalue weighted by Crippen LogP contribution is -2.39. The summed E-state index contributed by atoms with van der Waals surface area (Å²) in [4.78, 5) is 22.7. The van der Waals surface area contributed by atoms with Crippen molar-refractivity contribution in [3.05, 3.63) is 70.4 Å². The Morgan fingerprint density at radius 3 is 2.62 bits per heavy atom. The van der Waals surface area contributed by atoms with Gasteiger partial charge in [0, 0.05) is 28.8 Å². The summed E-state index contributed by atoms with van der Waals surface area (Å²) in [5, 5.41) is 26.3. The fraction of sp³-hybridized carbons (Fsp3) is 0.0435. The molecule has 0 amide bonds. The number of carbonyl (C=O) groups excluding carboxylic acids is 1. The van der Waals surface area contributed by atoms with Crippen molar-refractivity contribution in [2.75, 3.05) is 11.5 Å². The highest BCUT2D eigenvalue weighted by molar-refractivity contribution is 7.21. The molecule has 0 saturated heterocycles. The van der Waals surface area contributed by atoms with Crippen molar-refractivity contribution in [3.8, 4) is 29.0 Å². The number of benzene rings is 1. The maximum atomic E-state index is 13.5. The highest BCUT2D eigenvalue weighted by Crippen LogP contribution is 2.42. The van der Waals surface area contributed by atoms with E-state index in [1.807, 2.05) is 13.0 Å². The van der Waals surface area contributed by atoms with Crippen molar-refractivity contribution in [2.24, 2.45) is 0 Å². The second kappa shape index (κ2) is 7.95. The molecule has 0 aliphatic carbocycles. The van der Waals surface area contributed by atoms with E-state index >= 15 is 0 Å². The first kappa shape index (κ1) is 21.0. The number of nitriles is 1. The second-order valence-corrected chi connectivity index (χ2v) is 8.33. The van der Waals surface area contributed by atoms with Crippen LogP contribution < -0.4 is 21.3 Å². The van der Waals surface area contributed by atoms with Gasteiger partial charge in [0.2, 0.25) is 5.69 Å². The number of nitrogens with two attached hydrogens (primary N) is 2. The average molecular weight is 469 g/mol. The summed E-state index contributed by atoms with van der Waals surface area (Å²) in [6, 6.07) is 16.0. The molecule has 0 saturated carbocycles. The van der Waals surface area contributed by atoms with Crippen LogP contribution in [0.25, 0.3) is 27.2 Å². The number of carbonyl (C=O) groups is 1. The summed E-state index contributed by atoms with van der Waals surface area (Å²) in [5.74, 6) is -1.60. The molecule has 0 aliphatic rings. The number of rotatable bonds is 4. The first-order valence-electron chi connectivity index (χ1n) is 9.95. The van der Waals surface area contributed by atoms with Gasteiger partial charge in [0.05, 0.1) is 16.7 Å². The Morgan fingerprint density at radius 2 is 1.91 bits per heavy atom. The van der Waals surface area contributed by atoms with Gasteiger partial charge in [0.15, 0.2) is 5.95 Å². The molecule has 4 aromatic heterocycles. The minimum absolute atomic E-state index is 0.0117. The Hall–Kier alpha value is -4.82. The molecule has 1 aromatic carbocycles. The van der Waals surface area contributed by atoms with Crippen LogP contribution in [0.3, 0.4) is 0 Å². The van der Waals surface area contributed by atoms with Gasteiger partial charge in [0.1, 0.15) is 27.2 Å². The van der Waals surface area contributed by atoms with E-state index < -0.39 is 11.7 Å². The van der Waals surface area contributed by atoms with Gasteiger partial charge in [-0.15, -0.1) is 11.3 Å². The zero-order valence-corrected chi connectivity index (χ0v) is 18.5. The standard InChI is InChI=1S/C23H15N7O3S/c1-11-6-5-9-14(27-11)15-13(10-24)21(26)28-22-16(15)17(25)20(34-22)19(31)18-23(32)33-29-30(18)12-7-3-2-4-8-12/h2-9H,1H3,(H4-,25,26,28,29,31,32). The molecule has 0 bridgehead atoms. The smallest absolute Gasteiger partial charge is 0.312 e. The second-order valence-electron chi connectivity index (χ2n) is 7.33. The van der Waals surface area contributed by atoms with Crippen molar-refractivity contribution >= 4 is 38.8 Å². The van der Waals surface area contributed by atoms with Gasteiger partial charge in [-0.05, 0) is 23.7 Å². The first-order valence-corrected chi connectivity index (χ1v) is 10.8. The number of fused-ring (bicyclic) bond motifs is 1. The first-order chi connectivity index (χ1) is 16.4. The number of aryl methyl sites for hydroxylation is 1. The molecule has 4 N–H and O–H groups in total. The number of nitrogens with zero attached hydrogens (tertiary/aromatic N) is 5. The number of nitrogen functional groups attached to an aromatic ring is 2. The fourth-order valence-corrected chi connectivity index (χ4v) is 4.73. The third kappa shape index (κ3) is 3.21. The maximum absolute atomic E-state index is 13.5. The molecule has 0 radical (unpaired) electrons. The van der Waals surface area contributed by atoms with E-state index in [-0.39, 0.29) is 27.6 Å². The molecule has 4 heterocycles. The summed E-state index contributed by atoms with van der Waals surface area (Å²) < 4.78 is 5.91. The Bertz CT molecular complexity index is 1630. The molecule has 0 unspecified atom stereocenters. The topological polar surface area (TPSA) is 172 Å². The van der Waals surface area contributed by atoms with Crippen LogP contribution in [0.4, 0.5) is 11.5 Å². The number of pyridine rings is 2. The van der Waals surface area contributed by atoms with Crippen LogP contribution >= 0.6 is 11.3 Å². The van der Waals surface area contributed by atoms with Crippen LogP contribution in [0.5, 0.6) is 5.95 Å². The van der Waals surface area contributed by atoms with Crippen LogP contribution in [0.1, 0.15) is 26.6 Å². The molecule has 0 fully saturated rings. The van der Waals surface area contributed by atoms with Crippen molar-refractivity contribution in [3.63, 3.8) is 0 Å². The number of hydrogen-bond donors (Lipinski definition) is 2. The third-order valence-corrected chi connectivity index (χ3v) is 6.29. The molecular weight excluding hydrogens is 454 g/mol. The third-order valence-electron chi connectivity index (χ3n) is 5.19. The van der Waals surface area contributed by atoms with Gasteiger partial charge in [-0.1, -0.05) is 24.3 Å². The number of aromatic nitrogens is 4. The van der Waals surface area contributed by atoms with Crippen molar-refractivity contribution in [1.29, 1.82) is 5.26 Å². The molecule has 11 heteroatoms. The van der Waals surface area contributed by atoms with E-state index in [1.165, 1.54) is 0 Å². The zero-order chi connectivity index (χ0) is 24.0. The van der Waals surface area contributed by atoms with E-state index in [4.69, 9.17) is 16.0 Å². The SMILES string of the molecule is Cc1cccc(-c2c(C#N)c(N)nc3sc(C(=O)c4c([O-])on[n+]4-c4ccccc4)c(N)c23)n1. The Labute approximate surface area is 196 Å². The highest BCUT2D eigenvalue weighted by atomic mass is 32.1. The molecule has 0 atom stereocenters. The molecule has 5 rings (SSSR count). The van der Waals surface area contributed by atoms with E-state index in [1.54, 1.807) is 42.5 Å². The van der Waals surface area contributed by atoms with E-state index in [0.717, 1.165) is 21.7 Å². The predicted octanol–water partition coefficient (Wildman–Crippen LogP) is 2.27.